The zero-order valence-electron chi connectivity index (χ0n) is 33.9. The van der Waals surface area contributed by atoms with Crippen molar-refractivity contribution < 1.29 is 4.74 Å². The number of hydrogen-bond donors (Lipinski definition) is 0. The Bertz CT molecular complexity index is 2620. The third kappa shape index (κ3) is 8.27. The standard InChI is InChI=1S/C50H49N6OP/c1-6-55(7-2)39-25-17-37(18-26-39)48-51-33-44-46(52-48)15-12-16-47(44)57-41-29-21-35(22-30-41)34(5)36-23-31-42(32-24-36)58-50-43-13-10-11-14-45(43)53-49(54-50)38-19-27-40(28-20-38)56(8-3)9-4/h10-34,58H,6-9H2,1-5H3. The van der Waals surface area contributed by atoms with Crippen molar-refractivity contribution in [3.8, 4) is 34.3 Å². The number of nitrogens with zero attached hydrogens (tertiary/aromatic N) is 6. The van der Waals surface area contributed by atoms with Crippen LogP contribution in [0.1, 0.15) is 51.7 Å². The lowest BCUT2D eigenvalue weighted by atomic mass is 9.93. The second kappa shape index (κ2) is 17.5. The summed E-state index contributed by atoms with van der Waals surface area (Å²) in [5, 5.41) is 3.22. The van der Waals surface area contributed by atoms with Gasteiger partial charge in [0, 0.05) is 66.2 Å². The average molecular weight is 781 g/mol. The summed E-state index contributed by atoms with van der Waals surface area (Å²) in [6.45, 7) is 14.9. The Kier molecular flexibility index (Phi) is 11.7. The van der Waals surface area contributed by atoms with Crippen LogP contribution in [0.4, 0.5) is 11.4 Å². The van der Waals surface area contributed by atoms with Crippen molar-refractivity contribution in [3.05, 3.63) is 157 Å². The summed E-state index contributed by atoms with van der Waals surface area (Å²) in [5.41, 5.74) is 9.79. The van der Waals surface area contributed by atoms with Gasteiger partial charge in [0.15, 0.2) is 11.6 Å². The third-order valence-electron chi connectivity index (χ3n) is 11.0. The zero-order chi connectivity index (χ0) is 40.0. The van der Waals surface area contributed by atoms with E-state index in [9.17, 15) is 0 Å². The average Bonchev–Trinajstić information content (AvgIpc) is 3.28. The van der Waals surface area contributed by atoms with Gasteiger partial charge in [-0.3, -0.25) is 0 Å². The molecule has 290 valence electrons. The minimum atomic E-state index is 0.211. The summed E-state index contributed by atoms with van der Waals surface area (Å²) < 4.78 is 6.41. The van der Waals surface area contributed by atoms with Crippen LogP contribution >= 0.6 is 8.58 Å². The molecule has 0 radical (unpaired) electrons. The summed E-state index contributed by atoms with van der Waals surface area (Å²) >= 11 is 0. The Labute approximate surface area is 343 Å². The molecule has 7 nitrogen and oxygen atoms in total. The van der Waals surface area contributed by atoms with Gasteiger partial charge >= 0.3 is 0 Å². The summed E-state index contributed by atoms with van der Waals surface area (Å²) in [6, 6.07) is 48.8. The second-order valence-corrected chi connectivity index (χ2v) is 15.7. The van der Waals surface area contributed by atoms with Crippen LogP contribution in [-0.4, -0.2) is 46.1 Å². The van der Waals surface area contributed by atoms with Gasteiger partial charge in [-0.25, -0.2) is 19.9 Å². The maximum Gasteiger partial charge on any atom is 0.160 e. The molecule has 6 aromatic carbocycles. The van der Waals surface area contributed by atoms with Crippen molar-refractivity contribution in [2.45, 2.75) is 40.5 Å². The molecule has 2 atom stereocenters. The Morgan fingerprint density at radius 3 is 1.69 bits per heavy atom. The Morgan fingerprint density at radius 1 is 0.534 bits per heavy atom. The Balaban J connectivity index is 0.950. The molecule has 2 aromatic heterocycles. The highest BCUT2D eigenvalue weighted by Crippen LogP contribution is 2.33. The molecule has 8 rings (SSSR count). The Morgan fingerprint density at radius 2 is 1.07 bits per heavy atom. The van der Waals surface area contributed by atoms with Gasteiger partial charge in [-0.1, -0.05) is 67.6 Å². The number of aromatic nitrogens is 4. The first kappa shape index (κ1) is 38.7. The first-order valence-electron chi connectivity index (χ1n) is 20.3. The smallest absolute Gasteiger partial charge is 0.160 e. The highest BCUT2D eigenvalue weighted by atomic mass is 31.1. The van der Waals surface area contributed by atoms with E-state index in [1.54, 1.807) is 0 Å². The summed E-state index contributed by atoms with van der Waals surface area (Å²) in [7, 11) is 0.402. The zero-order valence-corrected chi connectivity index (χ0v) is 34.9. The van der Waals surface area contributed by atoms with Crippen LogP contribution in [-0.2, 0) is 0 Å². The van der Waals surface area contributed by atoms with Gasteiger partial charge in [0.1, 0.15) is 11.5 Å². The van der Waals surface area contributed by atoms with Crippen LogP contribution in [0.3, 0.4) is 0 Å². The number of fused-ring (bicyclic) bond motifs is 2. The predicted molar refractivity (Wildman–Crippen MR) is 245 cm³/mol. The first-order valence-corrected chi connectivity index (χ1v) is 21.3. The van der Waals surface area contributed by atoms with Gasteiger partial charge in [-0.15, -0.1) is 0 Å². The molecular weight excluding hydrogens is 732 g/mol. The summed E-state index contributed by atoms with van der Waals surface area (Å²) in [5.74, 6) is 3.18. The molecule has 0 aliphatic rings. The molecule has 8 heteroatoms. The monoisotopic (exact) mass is 780 g/mol. The fourth-order valence-electron chi connectivity index (χ4n) is 7.51. The molecule has 0 saturated carbocycles. The molecule has 0 aliphatic heterocycles. The van der Waals surface area contributed by atoms with E-state index in [1.165, 1.54) is 27.8 Å². The minimum Gasteiger partial charge on any atom is -0.457 e. The highest BCUT2D eigenvalue weighted by molar-refractivity contribution is 7.55. The summed E-state index contributed by atoms with van der Waals surface area (Å²) in [6.07, 6.45) is 1.87. The molecular formula is C50H49N6OP. The van der Waals surface area contributed by atoms with Crippen LogP contribution in [0.2, 0.25) is 0 Å². The lowest BCUT2D eigenvalue weighted by Crippen LogP contribution is -2.21. The lowest BCUT2D eigenvalue weighted by molar-refractivity contribution is 0.488. The van der Waals surface area contributed by atoms with Crippen molar-refractivity contribution in [3.63, 3.8) is 0 Å². The van der Waals surface area contributed by atoms with Crippen molar-refractivity contribution in [1.82, 2.24) is 19.9 Å². The van der Waals surface area contributed by atoms with Crippen LogP contribution in [0.25, 0.3) is 44.6 Å². The van der Waals surface area contributed by atoms with Crippen LogP contribution in [0.15, 0.2) is 146 Å². The van der Waals surface area contributed by atoms with Gasteiger partial charge in [-0.05, 0) is 132 Å². The van der Waals surface area contributed by atoms with E-state index in [1.807, 2.05) is 42.6 Å². The maximum absolute atomic E-state index is 6.41. The number of anilines is 2. The van der Waals surface area contributed by atoms with E-state index in [2.05, 4.69) is 148 Å². The molecule has 2 heterocycles. The largest absolute Gasteiger partial charge is 0.457 e. The van der Waals surface area contributed by atoms with Gasteiger partial charge in [-0.2, -0.15) is 0 Å². The maximum atomic E-state index is 6.41. The van der Waals surface area contributed by atoms with Crippen LogP contribution < -0.4 is 25.3 Å². The molecule has 0 spiro atoms. The molecule has 0 fully saturated rings. The van der Waals surface area contributed by atoms with Crippen molar-refractivity contribution in [2.75, 3.05) is 36.0 Å². The third-order valence-corrected chi connectivity index (χ3v) is 12.2. The number of benzene rings is 6. The number of hydrogen-bond acceptors (Lipinski definition) is 7. The number of para-hydroxylation sites is 1. The van der Waals surface area contributed by atoms with E-state index >= 15 is 0 Å². The topological polar surface area (TPSA) is 67.3 Å². The van der Waals surface area contributed by atoms with E-state index in [4.69, 9.17) is 24.7 Å². The van der Waals surface area contributed by atoms with Crippen molar-refractivity contribution in [2.24, 2.45) is 0 Å². The molecule has 0 bridgehead atoms. The molecule has 0 amide bonds. The fourth-order valence-corrected chi connectivity index (χ4v) is 8.63. The molecule has 8 aromatic rings. The molecule has 0 N–H and O–H groups in total. The second-order valence-electron chi connectivity index (χ2n) is 14.4. The summed E-state index contributed by atoms with van der Waals surface area (Å²) in [4.78, 5) is 24.4. The van der Waals surface area contributed by atoms with Crippen molar-refractivity contribution in [1.29, 1.82) is 0 Å². The van der Waals surface area contributed by atoms with Crippen LogP contribution in [0.5, 0.6) is 11.5 Å². The van der Waals surface area contributed by atoms with E-state index in [0.717, 1.165) is 81.9 Å². The fraction of sp³-hybridized carbons (Fsp3) is 0.200. The van der Waals surface area contributed by atoms with Gasteiger partial charge in [0.2, 0.25) is 0 Å². The van der Waals surface area contributed by atoms with E-state index in [0.29, 0.717) is 14.4 Å². The minimum absolute atomic E-state index is 0.211. The SMILES string of the molecule is CCN(CC)c1ccc(-c2ncc3c(Oc4ccc(C(C)c5ccc(Pc6nc(-c7ccc(N(CC)CC)cc7)nc7ccccc67)cc5)cc4)cccc3n2)cc1. The normalized spacial score (nSPS) is 12.0. The highest BCUT2D eigenvalue weighted by Gasteiger charge is 2.14. The van der Waals surface area contributed by atoms with E-state index < -0.39 is 0 Å². The van der Waals surface area contributed by atoms with E-state index in [-0.39, 0.29) is 5.92 Å². The van der Waals surface area contributed by atoms with Gasteiger partial charge < -0.3 is 14.5 Å². The molecule has 0 saturated heterocycles. The molecule has 58 heavy (non-hydrogen) atoms. The number of rotatable bonds is 14. The quantitative estimate of drug-likeness (QED) is 0.102. The van der Waals surface area contributed by atoms with Gasteiger partial charge in [0.05, 0.1) is 21.9 Å². The lowest BCUT2D eigenvalue weighted by Gasteiger charge is -2.21. The molecule has 0 aliphatic carbocycles. The predicted octanol–water partition coefficient (Wildman–Crippen LogP) is 11.2. The van der Waals surface area contributed by atoms with Crippen LogP contribution in [0, 0.1) is 0 Å². The number of ether oxygens (including phenoxy) is 1. The van der Waals surface area contributed by atoms with Gasteiger partial charge in [0.25, 0.3) is 0 Å². The first-order chi connectivity index (χ1) is 28.4. The Hall–Kier alpha value is -6.17. The van der Waals surface area contributed by atoms with Crippen molar-refractivity contribution >= 4 is 52.5 Å². The molecule has 2 unspecified atom stereocenters.